The van der Waals surface area contributed by atoms with E-state index in [1.807, 2.05) is 86.3 Å². The Hall–Kier alpha value is -4.99. The second-order valence-corrected chi connectivity index (χ2v) is 13.7. The number of para-hydroxylation sites is 1. The van der Waals surface area contributed by atoms with Gasteiger partial charge < -0.3 is 19.7 Å². The highest BCUT2D eigenvalue weighted by molar-refractivity contribution is 6.12. The quantitative estimate of drug-likeness (QED) is 0.223. The summed E-state index contributed by atoms with van der Waals surface area (Å²) in [5, 5.41) is 8.06. The average molecular weight is 656 g/mol. The van der Waals surface area contributed by atoms with Crippen LogP contribution < -0.4 is 10.2 Å². The summed E-state index contributed by atoms with van der Waals surface area (Å²) < 4.78 is 3.94. The van der Waals surface area contributed by atoms with Crippen LogP contribution in [-0.2, 0) is 39.5 Å². The molecule has 0 unspecified atom stereocenters. The first kappa shape index (κ1) is 32.6. The van der Waals surface area contributed by atoms with Crippen molar-refractivity contribution in [2.45, 2.75) is 52.4 Å². The van der Waals surface area contributed by atoms with E-state index in [4.69, 9.17) is 0 Å². The summed E-state index contributed by atoms with van der Waals surface area (Å²) in [4.78, 5) is 35.2. The van der Waals surface area contributed by atoms with Gasteiger partial charge in [-0.1, -0.05) is 42.5 Å². The van der Waals surface area contributed by atoms with Crippen LogP contribution in [-0.4, -0.2) is 69.2 Å². The fourth-order valence-electron chi connectivity index (χ4n) is 7.18. The number of rotatable bonds is 8. The summed E-state index contributed by atoms with van der Waals surface area (Å²) in [6, 6.07) is 24.5. The van der Waals surface area contributed by atoms with Crippen LogP contribution in [0.3, 0.4) is 0 Å². The Labute approximate surface area is 288 Å². The third-order valence-electron chi connectivity index (χ3n) is 10.1. The summed E-state index contributed by atoms with van der Waals surface area (Å²) in [5.41, 5.74) is 10.2. The van der Waals surface area contributed by atoms with Gasteiger partial charge in [-0.2, -0.15) is 5.10 Å². The Balaban J connectivity index is 1.30. The van der Waals surface area contributed by atoms with Gasteiger partial charge in [-0.15, -0.1) is 0 Å². The van der Waals surface area contributed by atoms with Gasteiger partial charge in [0.1, 0.15) is 0 Å². The van der Waals surface area contributed by atoms with Gasteiger partial charge in [0.2, 0.25) is 0 Å². The predicted octanol–water partition coefficient (Wildman–Crippen LogP) is 5.97. The van der Waals surface area contributed by atoms with Crippen molar-refractivity contribution < 1.29 is 9.59 Å². The Kier molecular flexibility index (Phi) is 8.96. The summed E-state index contributed by atoms with van der Waals surface area (Å²) in [6.45, 7) is 7.87. The number of hydrogen-bond acceptors (Lipinski definition) is 5. The van der Waals surface area contributed by atoms with Crippen molar-refractivity contribution >= 4 is 23.2 Å². The molecule has 49 heavy (non-hydrogen) atoms. The summed E-state index contributed by atoms with van der Waals surface area (Å²) in [7, 11) is 6.05. The minimum absolute atomic E-state index is 0.0214. The van der Waals surface area contributed by atoms with Crippen molar-refractivity contribution in [2.24, 2.45) is 7.05 Å². The van der Waals surface area contributed by atoms with Gasteiger partial charge in [0.25, 0.3) is 11.8 Å². The normalized spacial score (nSPS) is 15.6. The number of aromatic nitrogens is 3. The van der Waals surface area contributed by atoms with Crippen LogP contribution >= 0.6 is 0 Å². The molecule has 0 fully saturated rings. The fourth-order valence-corrected chi connectivity index (χ4v) is 7.18. The maximum absolute atomic E-state index is 14.7. The van der Waals surface area contributed by atoms with Crippen LogP contribution in [0.15, 0.2) is 85.2 Å². The van der Waals surface area contributed by atoms with Crippen LogP contribution in [0.5, 0.6) is 0 Å². The molecule has 0 aliphatic carbocycles. The van der Waals surface area contributed by atoms with Gasteiger partial charge in [-0.05, 0) is 99.9 Å². The lowest BCUT2D eigenvalue weighted by molar-refractivity contribution is 0.0658. The SMILES string of the molecule is Cc1c(C(=O)N(c2ccccc2)c2cnn(CCN(C)C)c2)cc(-c2cc3c(cc2C(=O)N2Cc4ccccc4C[C@H]2C)CNCC3)n1C. The van der Waals surface area contributed by atoms with Gasteiger partial charge in [0, 0.05) is 67.1 Å². The zero-order valence-corrected chi connectivity index (χ0v) is 29.1. The molecule has 2 aliphatic heterocycles. The molecule has 0 radical (unpaired) electrons. The molecule has 7 rings (SSSR count). The van der Waals surface area contributed by atoms with Gasteiger partial charge in [0.15, 0.2) is 0 Å². The third kappa shape index (κ3) is 6.32. The predicted molar refractivity (Wildman–Crippen MR) is 194 cm³/mol. The van der Waals surface area contributed by atoms with Crippen molar-refractivity contribution in [3.05, 3.63) is 124 Å². The van der Waals surface area contributed by atoms with Gasteiger partial charge in [0.05, 0.1) is 24.0 Å². The topological polar surface area (TPSA) is 78.6 Å². The minimum atomic E-state index is -0.144. The number of carbonyl (C=O) groups is 2. The summed E-state index contributed by atoms with van der Waals surface area (Å²) in [5.74, 6) is -0.123. The number of hydrogen-bond donors (Lipinski definition) is 1. The van der Waals surface area contributed by atoms with Gasteiger partial charge >= 0.3 is 0 Å². The maximum atomic E-state index is 14.7. The number of benzene rings is 3. The molecular formula is C40H45N7O2. The zero-order valence-electron chi connectivity index (χ0n) is 29.1. The highest BCUT2D eigenvalue weighted by Gasteiger charge is 2.32. The van der Waals surface area contributed by atoms with Crippen LogP contribution in [0.25, 0.3) is 11.3 Å². The molecule has 1 N–H and O–H groups in total. The van der Waals surface area contributed by atoms with E-state index in [9.17, 15) is 9.59 Å². The molecule has 4 heterocycles. The monoisotopic (exact) mass is 655 g/mol. The van der Waals surface area contributed by atoms with Crippen molar-refractivity contribution in [2.75, 3.05) is 32.1 Å². The van der Waals surface area contributed by atoms with Gasteiger partial charge in [-0.25, -0.2) is 0 Å². The molecule has 9 nitrogen and oxygen atoms in total. The molecule has 0 bridgehead atoms. The van der Waals surface area contributed by atoms with Crippen LogP contribution in [0.4, 0.5) is 11.4 Å². The van der Waals surface area contributed by atoms with E-state index in [1.165, 1.54) is 16.7 Å². The van der Waals surface area contributed by atoms with Crippen LogP contribution in [0.1, 0.15) is 55.6 Å². The highest BCUT2D eigenvalue weighted by Crippen LogP contribution is 2.36. The second-order valence-electron chi connectivity index (χ2n) is 13.7. The Morgan fingerprint density at radius 3 is 2.45 bits per heavy atom. The Morgan fingerprint density at radius 2 is 1.67 bits per heavy atom. The lowest BCUT2D eigenvalue weighted by Crippen LogP contribution is -2.43. The number of nitrogens with zero attached hydrogens (tertiary/aromatic N) is 6. The first-order valence-electron chi connectivity index (χ1n) is 17.2. The van der Waals surface area contributed by atoms with E-state index >= 15 is 0 Å². The number of likely N-dealkylation sites (N-methyl/N-ethyl adjacent to an activating group) is 1. The lowest BCUT2D eigenvalue weighted by atomic mass is 9.90. The standard InChI is InChI=1S/C40H45N7O2/c1-27-19-29-11-9-10-12-31(29)25-46(27)39(48)37-21-32-23-41-16-15-30(32)20-36(37)38-22-35(28(2)44(38)5)40(49)47(33-13-7-6-8-14-33)34-24-42-45(26-34)18-17-43(3)4/h6-14,20-22,24,26-27,41H,15-19,23,25H2,1-5H3/t27-/m1/s1. The second kappa shape index (κ2) is 13.5. The smallest absolute Gasteiger partial charge is 0.264 e. The molecule has 252 valence electrons. The van der Waals surface area contributed by atoms with Crippen molar-refractivity contribution in [1.82, 2.24) is 29.5 Å². The van der Waals surface area contributed by atoms with Gasteiger partial charge in [-0.3, -0.25) is 19.2 Å². The molecule has 5 aromatic rings. The third-order valence-corrected chi connectivity index (χ3v) is 10.1. The summed E-state index contributed by atoms with van der Waals surface area (Å²) in [6.07, 6.45) is 5.40. The van der Waals surface area contributed by atoms with Crippen molar-refractivity contribution in [3.63, 3.8) is 0 Å². The molecule has 0 saturated carbocycles. The molecule has 1 atom stereocenters. The number of amides is 2. The zero-order chi connectivity index (χ0) is 34.2. The van der Waals surface area contributed by atoms with E-state index in [2.05, 4.69) is 57.1 Å². The first-order valence-corrected chi connectivity index (χ1v) is 17.2. The van der Waals surface area contributed by atoms with E-state index in [1.54, 1.807) is 11.1 Å². The Bertz CT molecular complexity index is 2010. The number of carbonyl (C=O) groups excluding carboxylic acids is 2. The fraction of sp³-hybridized carbons (Fsp3) is 0.325. The molecular weight excluding hydrogens is 610 g/mol. The molecule has 3 aromatic carbocycles. The minimum Gasteiger partial charge on any atom is -0.347 e. The average Bonchev–Trinajstić information content (AvgIpc) is 3.70. The number of anilines is 2. The lowest BCUT2D eigenvalue weighted by Gasteiger charge is -2.35. The van der Waals surface area contributed by atoms with Crippen LogP contribution in [0, 0.1) is 6.92 Å². The number of fused-ring (bicyclic) bond motifs is 2. The highest BCUT2D eigenvalue weighted by atomic mass is 16.2. The molecule has 2 aromatic heterocycles. The van der Waals surface area contributed by atoms with E-state index < -0.39 is 0 Å². The Morgan fingerprint density at radius 1 is 0.918 bits per heavy atom. The molecule has 2 aliphatic rings. The summed E-state index contributed by atoms with van der Waals surface area (Å²) >= 11 is 0. The molecule has 0 saturated heterocycles. The first-order chi connectivity index (χ1) is 23.7. The van der Waals surface area contributed by atoms with E-state index in [0.717, 1.165) is 60.7 Å². The molecule has 0 spiro atoms. The van der Waals surface area contributed by atoms with E-state index in [-0.39, 0.29) is 17.9 Å². The van der Waals surface area contributed by atoms with Crippen LogP contribution in [0.2, 0.25) is 0 Å². The van der Waals surface area contributed by atoms with E-state index in [0.29, 0.717) is 29.9 Å². The maximum Gasteiger partial charge on any atom is 0.264 e. The number of nitrogens with one attached hydrogen (secondary N) is 1. The largest absolute Gasteiger partial charge is 0.347 e. The van der Waals surface area contributed by atoms with Crippen molar-refractivity contribution in [3.8, 4) is 11.3 Å². The molecule has 2 amide bonds. The molecule has 9 heteroatoms. The van der Waals surface area contributed by atoms with Crippen molar-refractivity contribution in [1.29, 1.82) is 0 Å².